The van der Waals surface area contributed by atoms with Crippen LogP contribution in [0.4, 0.5) is 10.2 Å². The van der Waals surface area contributed by atoms with Crippen LogP contribution in [0.25, 0.3) is 11.4 Å². The van der Waals surface area contributed by atoms with E-state index in [0.29, 0.717) is 21.7 Å². The number of nitrogens with zero attached hydrogens (tertiary/aromatic N) is 2. The lowest BCUT2D eigenvalue weighted by molar-refractivity contribution is 0.621. The van der Waals surface area contributed by atoms with E-state index in [0.717, 1.165) is 23.0 Å². The van der Waals surface area contributed by atoms with Gasteiger partial charge in [0.15, 0.2) is 5.82 Å². The Morgan fingerprint density at radius 2 is 2.00 bits per heavy atom. The average molecular weight is 403 g/mol. The topological polar surface area (TPSA) is 37.8 Å². The van der Waals surface area contributed by atoms with Crippen LogP contribution < -0.4 is 5.32 Å². The lowest BCUT2D eigenvalue weighted by Crippen LogP contribution is -2.03. The molecule has 0 bridgehead atoms. The highest BCUT2D eigenvalue weighted by molar-refractivity contribution is 9.11. The Bertz CT molecular complexity index is 632. The molecule has 20 heavy (non-hydrogen) atoms. The summed E-state index contributed by atoms with van der Waals surface area (Å²) < 4.78 is 14.9. The molecule has 0 aliphatic rings. The Balaban J connectivity index is 2.55. The van der Waals surface area contributed by atoms with Crippen LogP contribution in [0.2, 0.25) is 0 Å². The van der Waals surface area contributed by atoms with Crippen LogP contribution in [0.1, 0.15) is 19.0 Å². The van der Waals surface area contributed by atoms with Crippen molar-refractivity contribution in [3.63, 3.8) is 0 Å². The number of aryl methyl sites for hydroxylation is 1. The minimum absolute atomic E-state index is 0.322. The third-order valence-electron chi connectivity index (χ3n) is 2.82. The summed E-state index contributed by atoms with van der Waals surface area (Å²) in [6, 6.07) is 4.89. The molecular weight excluding hydrogens is 389 g/mol. The van der Waals surface area contributed by atoms with Crippen LogP contribution in [0.3, 0.4) is 0 Å². The fraction of sp³-hybridized carbons (Fsp3) is 0.286. The van der Waals surface area contributed by atoms with Crippen molar-refractivity contribution in [1.29, 1.82) is 0 Å². The number of nitrogens with one attached hydrogen (secondary N) is 1. The predicted molar refractivity (Wildman–Crippen MR) is 86.4 cm³/mol. The molecule has 2 rings (SSSR count). The summed E-state index contributed by atoms with van der Waals surface area (Å²) in [5.41, 5.74) is 1.58. The van der Waals surface area contributed by atoms with Gasteiger partial charge < -0.3 is 5.32 Å². The minimum atomic E-state index is -0.322. The Labute approximate surface area is 134 Å². The van der Waals surface area contributed by atoms with Gasteiger partial charge in [-0.2, -0.15) is 0 Å². The molecule has 0 fully saturated rings. The highest BCUT2D eigenvalue weighted by atomic mass is 79.9. The second-order valence-electron chi connectivity index (χ2n) is 4.29. The van der Waals surface area contributed by atoms with Crippen molar-refractivity contribution in [2.24, 2.45) is 0 Å². The van der Waals surface area contributed by atoms with Gasteiger partial charge in [-0.15, -0.1) is 0 Å². The molecule has 106 valence electrons. The van der Waals surface area contributed by atoms with Crippen LogP contribution in [-0.4, -0.2) is 17.0 Å². The normalized spacial score (nSPS) is 10.7. The third-order valence-corrected chi connectivity index (χ3v) is 4.30. The minimum Gasteiger partial charge on any atom is -0.372 e. The molecule has 6 heteroatoms. The van der Waals surface area contributed by atoms with Crippen molar-refractivity contribution < 1.29 is 4.39 Å². The van der Waals surface area contributed by atoms with Gasteiger partial charge in [-0.25, -0.2) is 14.4 Å². The molecule has 0 spiro atoms. The SMILES string of the molecule is CCCc1nc(-c2ccc(Br)c(F)c2)nc(NC)c1Br. The van der Waals surface area contributed by atoms with Gasteiger partial charge in [0.25, 0.3) is 0 Å². The molecule has 1 N–H and O–H groups in total. The van der Waals surface area contributed by atoms with Crippen molar-refractivity contribution in [3.05, 3.63) is 38.7 Å². The van der Waals surface area contributed by atoms with E-state index in [4.69, 9.17) is 0 Å². The zero-order valence-electron chi connectivity index (χ0n) is 11.2. The van der Waals surface area contributed by atoms with Crippen molar-refractivity contribution in [1.82, 2.24) is 9.97 Å². The number of aromatic nitrogens is 2. The summed E-state index contributed by atoms with van der Waals surface area (Å²) in [5.74, 6) is 0.909. The maximum atomic E-state index is 13.6. The molecule has 0 saturated carbocycles. The summed E-state index contributed by atoms with van der Waals surface area (Å²) in [7, 11) is 1.80. The smallest absolute Gasteiger partial charge is 0.161 e. The third kappa shape index (κ3) is 3.17. The van der Waals surface area contributed by atoms with Crippen LogP contribution in [0.15, 0.2) is 27.1 Å². The number of anilines is 1. The lowest BCUT2D eigenvalue weighted by Gasteiger charge is -2.11. The molecule has 0 aliphatic carbocycles. The summed E-state index contributed by atoms with van der Waals surface area (Å²) in [6.45, 7) is 2.09. The van der Waals surface area contributed by atoms with Crippen LogP contribution in [0, 0.1) is 5.82 Å². The quantitative estimate of drug-likeness (QED) is 0.797. The van der Waals surface area contributed by atoms with Crippen LogP contribution in [0.5, 0.6) is 0 Å². The molecule has 1 aromatic heterocycles. The number of halogens is 3. The Morgan fingerprint density at radius 1 is 1.25 bits per heavy atom. The summed E-state index contributed by atoms with van der Waals surface area (Å²) in [4.78, 5) is 8.96. The van der Waals surface area contributed by atoms with Crippen molar-refractivity contribution in [3.8, 4) is 11.4 Å². The van der Waals surface area contributed by atoms with Crippen molar-refractivity contribution in [2.45, 2.75) is 19.8 Å². The van der Waals surface area contributed by atoms with E-state index in [1.165, 1.54) is 6.07 Å². The summed E-state index contributed by atoms with van der Waals surface area (Å²) in [5, 5.41) is 3.03. The van der Waals surface area contributed by atoms with Crippen molar-refractivity contribution in [2.75, 3.05) is 12.4 Å². The average Bonchev–Trinajstić information content (AvgIpc) is 2.44. The second-order valence-corrected chi connectivity index (χ2v) is 5.93. The van der Waals surface area contributed by atoms with Crippen LogP contribution >= 0.6 is 31.9 Å². The molecule has 2 aromatic rings. The zero-order chi connectivity index (χ0) is 14.7. The highest BCUT2D eigenvalue weighted by Gasteiger charge is 2.13. The van der Waals surface area contributed by atoms with E-state index in [1.807, 2.05) is 0 Å². The predicted octanol–water partition coefficient (Wildman–Crippen LogP) is 4.80. The molecule has 0 aliphatic heterocycles. The summed E-state index contributed by atoms with van der Waals surface area (Å²) in [6.07, 6.45) is 1.82. The molecular formula is C14H14Br2FN3. The van der Waals surface area contributed by atoms with E-state index in [1.54, 1.807) is 19.2 Å². The zero-order valence-corrected chi connectivity index (χ0v) is 14.3. The number of hydrogen-bond donors (Lipinski definition) is 1. The molecule has 0 saturated heterocycles. The first-order chi connectivity index (χ1) is 9.56. The van der Waals surface area contributed by atoms with Crippen LogP contribution in [-0.2, 0) is 6.42 Å². The Morgan fingerprint density at radius 3 is 2.60 bits per heavy atom. The molecule has 0 radical (unpaired) electrons. The number of rotatable bonds is 4. The monoisotopic (exact) mass is 401 g/mol. The van der Waals surface area contributed by atoms with Gasteiger partial charge in [-0.3, -0.25) is 0 Å². The Kier molecular flexibility index (Phi) is 5.10. The molecule has 0 amide bonds. The van der Waals surface area contributed by atoms with Gasteiger partial charge in [0.2, 0.25) is 0 Å². The lowest BCUT2D eigenvalue weighted by atomic mass is 10.2. The van der Waals surface area contributed by atoms with E-state index >= 15 is 0 Å². The van der Waals surface area contributed by atoms with Gasteiger partial charge >= 0.3 is 0 Å². The molecule has 0 unspecified atom stereocenters. The largest absolute Gasteiger partial charge is 0.372 e. The molecule has 3 nitrogen and oxygen atoms in total. The summed E-state index contributed by atoms with van der Waals surface area (Å²) >= 11 is 6.65. The maximum Gasteiger partial charge on any atom is 0.161 e. The van der Waals surface area contributed by atoms with Gasteiger partial charge in [-0.05, 0) is 56.5 Å². The Hall–Kier alpha value is -1.01. The van der Waals surface area contributed by atoms with Gasteiger partial charge in [-0.1, -0.05) is 13.3 Å². The molecule has 1 aromatic carbocycles. The van der Waals surface area contributed by atoms with E-state index < -0.39 is 0 Å². The highest BCUT2D eigenvalue weighted by Crippen LogP contribution is 2.29. The first-order valence-corrected chi connectivity index (χ1v) is 7.85. The second kappa shape index (κ2) is 6.63. The fourth-order valence-electron chi connectivity index (χ4n) is 1.83. The molecule has 0 atom stereocenters. The standard InChI is InChI=1S/C14H14Br2FN3/c1-3-4-11-12(16)14(18-2)20-13(19-11)8-5-6-9(15)10(17)7-8/h5-7H,3-4H2,1-2H3,(H,18,19,20). The number of hydrogen-bond acceptors (Lipinski definition) is 3. The fourth-order valence-corrected chi connectivity index (χ4v) is 2.65. The first kappa shape index (κ1) is 15.4. The van der Waals surface area contributed by atoms with E-state index in [9.17, 15) is 4.39 Å². The number of benzene rings is 1. The van der Waals surface area contributed by atoms with Gasteiger partial charge in [0, 0.05) is 12.6 Å². The van der Waals surface area contributed by atoms with E-state index in [2.05, 4.69) is 54.1 Å². The molecule has 1 heterocycles. The van der Waals surface area contributed by atoms with Gasteiger partial charge in [0.05, 0.1) is 14.6 Å². The van der Waals surface area contributed by atoms with Crippen molar-refractivity contribution >= 4 is 37.7 Å². The van der Waals surface area contributed by atoms with Gasteiger partial charge in [0.1, 0.15) is 11.6 Å². The first-order valence-electron chi connectivity index (χ1n) is 6.26. The maximum absolute atomic E-state index is 13.6. The van der Waals surface area contributed by atoms with E-state index in [-0.39, 0.29) is 5.82 Å².